The van der Waals surface area contributed by atoms with Gasteiger partial charge in [-0.1, -0.05) is 19.1 Å². The molecule has 0 saturated carbocycles. The van der Waals surface area contributed by atoms with E-state index in [1.807, 2.05) is 29.8 Å². The van der Waals surface area contributed by atoms with E-state index in [-0.39, 0.29) is 24.9 Å². The smallest absolute Gasteiger partial charge is 0.246 e. The first-order chi connectivity index (χ1) is 14.1. The van der Waals surface area contributed by atoms with E-state index in [2.05, 4.69) is 20.7 Å². The fourth-order valence-corrected chi connectivity index (χ4v) is 3.35. The average Bonchev–Trinajstić information content (AvgIpc) is 3.40. The Morgan fingerprint density at radius 2 is 2.10 bits per heavy atom. The molecule has 2 aromatic heterocycles. The number of nitrogens with one attached hydrogen (secondary N) is 1. The lowest BCUT2D eigenvalue weighted by Crippen LogP contribution is -2.40. The van der Waals surface area contributed by atoms with Crippen molar-refractivity contribution < 1.29 is 14.3 Å². The Labute approximate surface area is 172 Å². The number of methoxy groups -OCH3 is 1. The van der Waals surface area contributed by atoms with Gasteiger partial charge in [0.15, 0.2) is 0 Å². The van der Waals surface area contributed by atoms with Gasteiger partial charge in [0.25, 0.3) is 0 Å². The maximum atomic E-state index is 12.7. The normalized spacial score (nSPS) is 10.6. The van der Waals surface area contributed by atoms with Crippen LogP contribution >= 0.6 is 11.3 Å². The largest absolute Gasteiger partial charge is 0.495 e. The molecule has 1 aromatic carbocycles. The molecule has 0 saturated heterocycles. The number of carbonyl (C=O) groups is 2. The van der Waals surface area contributed by atoms with Gasteiger partial charge in [-0.3, -0.25) is 9.59 Å². The Hall–Kier alpha value is -3.27. The lowest BCUT2D eigenvalue weighted by Gasteiger charge is -2.21. The van der Waals surface area contributed by atoms with E-state index in [1.165, 1.54) is 28.1 Å². The quantitative estimate of drug-likeness (QED) is 0.576. The van der Waals surface area contributed by atoms with Gasteiger partial charge >= 0.3 is 0 Å². The van der Waals surface area contributed by atoms with Gasteiger partial charge in [-0.05, 0) is 35.2 Å². The number of hydrogen-bond donors (Lipinski definition) is 1. The number of carbonyl (C=O) groups excluding carboxylic acids is 2. The van der Waals surface area contributed by atoms with E-state index in [9.17, 15) is 9.59 Å². The van der Waals surface area contributed by atoms with Crippen LogP contribution in [0, 0.1) is 0 Å². The van der Waals surface area contributed by atoms with Crippen molar-refractivity contribution in [3.8, 4) is 17.1 Å². The third-order valence-corrected chi connectivity index (χ3v) is 4.75. The van der Waals surface area contributed by atoms with Gasteiger partial charge in [0.2, 0.25) is 17.6 Å². The predicted molar refractivity (Wildman–Crippen MR) is 110 cm³/mol. The minimum Gasteiger partial charge on any atom is -0.495 e. The van der Waals surface area contributed by atoms with Crippen molar-refractivity contribution >= 4 is 28.8 Å². The number of amides is 2. The number of benzene rings is 1. The van der Waals surface area contributed by atoms with Crippen molar-refractivity contribution in [2.75, 3.05) is 25.5 Å². The molecule has 0 unspecified atom stereocenters. The summed E-state index contributed by atoms with van der Waals surface area (Å²) in [5.41, 5.74) is 1.41. The lowest BCUT2D eigenvalue weighted by atomic mass is 10.3. The molecule has 0 bridgehead atoms. The van der Waals surface area contributed by atoms with Gasteiger partial charge in [0, 0.05) is 17.5 Å². The molecular formula is C19H22N6O3S. The predicted octanol–water partition coefficient (Wildman–Crippen LogP) is 2.29. The molecule has 0 spiro atoms. The van der Waals surface area contributed by atoms with Crippen molar-refractivity contribution in [3.05, 3.63) is 41.1 Å². The molecule has 3 rings (SSSR count). The highest BCUT2D eigenvalue weighted by Gasteiger charge is 2.19. The minimum absolute atomic E-state index is 0.0726. The standard InChI is InChI=1S/C19H22N6O3S/c1-3-9-24(11-17(26)20-15-6-4-5-7-16(15)28-2)18(27)12-25-22-19(21-23-25)14-8-10-29-13-14/h4-8,10,13H,3,9,11-12H2,1-2H3,(H,20,26). The number of para-hydroxylation sites is 2. The monoisotopic (exact) mass is 414 g/mol. The second kappa shape index (κ2) is 9.78. The number of rotatable bonds is 9. The van der Waals surface area contributed by atoms with E-state index in [1.54, 1.807) is 18.2 Å². The topological polar surface area (TPSA) is 102 Å². The van der Waals surface area contributed by atoms with Crippen LogP contribution in [0.1, 0.15) is 13.3 Å². The summed E-state index contributed by atoms with van der Waals surface area (Å²) in [5, 5.41) is 18.8. The molecule has 0 radical (unpaired) electrons. The Kier molecular flexibility index (Phi) is 6.90. The zero-order chi connectivity index (χ0) is 20.6. The molecule has 9 nitrogen and oxygen atoms in total. The molecule has 1 N–H and O–H groups in total. The Balaban J connectivity index is 1.62. The van der Waals surface area contributed by atoms with Gasteiger partial charge in [-0.2, -0.15) is 16.1 Å². The van der Waals surface area contributed by atoms with E-state index in [4.69, 9.17) is 4.74 Å². The second-order valence-corrected chi connectivity index (χ2v) is 7.00. The first-order valence-corrected chi connectivity index (χ1v) is 10.1. The lowest BCUT2D eigenvalue weighted by molar-refractivity contribution is -0.135. The summed E-state index contributed by atoms with van der Waals surface area (Å²) in [7, 11) is 1.54. The van der Waals surface area contributed by atoms with Gasteiger partial charge in [-0.15, -0.1) is 10.2 Å². The van der Waals surface area contributed by atoms with Gasteiger partial charge < -0.3 is 15.0 Å². The molecule has 29 heavy (non-hydrogen) atoms. The summed E-state index contributed by atoms with van der Waals surface area (Å²) in [6.45, 7) is 2.24. The van der Waals surface area contributed by atoms with E-state index >= 15 is 0 Å². The zero-order valence-corrected chi connectivity index (χ0v) is 17.1. The molecule has 2 heterocycles. The van der Waals surface area contributed by atoms with Gasteiger partial charge in [0.05, 0.1) is 19.3 Å². The highest BCUT2D eigenvalue weighted by Crippen LogP contribution is 2.23. The van der Waals surface area contributed by atoms with Crippen LogP contribution in [-0.4, -0.2) is 57.1 Å². The summed E-state index contributed by atoms with van der Waals surface area (Å²) in [6.07, 6.45) is 0.721. The molecule has 0 atom stereocenters. The third kappa shape index (κ3) is 5.38. The van der Waals surface area contributed by atoms with Crippen LogP contribution in [0.5, 0.6) is 5.75 Å². The van der Waals surface area contributed by atoms with Crippen molar-refractivity contribution in [3.63, 3.8) is 0 Å². The van der Waals surface area contributed by atoms with E-state index < -0.39 is 0 Å². The molecule has 0 fully saturated rings. The van der Waals surface area contributed by atoms with Crippen LogP contribution < -0.4 is 10.1 Å². The molecule has 0 aliphatic rings. The highest BCUT2D eigenvalue weighted by atomic mass is 32.1. The van der Waals surface area contributed by atoms with Crippen LogP contribution in [-0.2, 0) is 16.1 Å². The number of aromatic nitrogens is 4. The summed E-state index contributed by atoms with van der Waals surface area (Å²) >= 11 is 1.53. The molecule has 2 amide bonds. The fourth-order valence-electron chi connectivity index (χ4n) is 2.71. The summed E-state index contributed by atoms with van der Waals surface area (Å²) < 4.78 is 5.24. The van der Waals surface area contributed by atoms with E-state index in [0.717, 1.165) is 12.0 Å². The molecular weight excluding hydrogens is 392 g/mol. The van der Waals surface area contributed by atoms with Gasteiger partial charge in [0.1, 0.15) is 12.3 Å². The maximum Gasteiger partial charge on any atom is 0.246 e. The molecule has 10 heteroatoms. The average molecular weight is 414 g/mol. The number of hydrogen-bond acceptors (Lipinski definition) is 7. The van der Waals surface area contributed by atoms with Crippen LogP contribution in [0.15, 0.2) is 41.1 Å². The van der Waals surface area contributed by atoms with Crippen molar-refractivity contribution in [2.45, 2.75) is 19.9 Å². The zero-order valence-electron chi connectivity index (χ0n) is 16.2. The van der Waals surface area contributed by atoms with E-state index in [0.29, 0.717) is 23.8 Å². The van der Waals surface area contributed by atoms with Crippen molar-refractivity contribution in [1.82, 2.24) is 25.1 Å². The first kappa shape index (κ1) is 20.5. The Morgan fingerprint density at radius 1 is 1.28 bits per heavy atom. The minimum atomic E-state index is -0.304. The van der Waals surface area contributed by atoms with Gasteiger partial charge in [-0.25, -0.2) is 0 Å². The van der Waals surface area contributed by atoms with Crippen LogP contribution in [0.3, 0.4) is 0 Å². The van der Waals surface area contributed by atoms with Crippen molar-refractivity contribution in [1.29, 1.82) is 0 Å². The highest BCUT2D eigenvalue weighted by molar-refractivity contribution is 7.08. The molecule has 152 valence electrons. The summed E-state index contributed by atoms with van der Waals surface area (Å²) in [4.78, 5) is 27.9. The van der Waals surface area contributed by atoms with Crippen LogP contribution in [0.25, 0.3) is 11.4 Å². The molecule has 3 aromatic rings. The first-order valence-electron chi connectivity index (χ1n) is 9.11. The SMILES string of the molecule is CCCN(CC(=O)Nc1ccccc1OC)C(=O)Cn1nnc(-c2ccsc2)n1. The number of nitrogens with zero attached hydrogens (tertiary/aromatic N) is 5. The molecule has 0 aliphatic heterocycles. The number of tetrazole rings is 1. The summed E-state index contributed by atoms with van der Waals surface area (Å²) in [6, 6.07) is 9.00. The Morgan fingerprint density at radius 3 is 2.83 bits per heavy atom. The summed E-state index contributed by atoms with van der Waals surface area (Å²) in [5.74, 6) is 0.468. The van der Waals surface area contributed by atoms with Crippen LogP contribution in [0.2, 0.25) is 0 Å². The Bertz CT molecular complexity index is 957. The van der Waals surface area contributed by atoms with Crippen LogP contribution in [0.4, 0.5) is 5.69 Å². The van der Waals surface area contributed by atoms with Crippen molar-refractivity contribution in [2.24, 2.45) is 0 Å². The number of ether oxygens (including phenoxy) is 1. The molecule has 0 aliphatic carbocycles. The maximum absolute atomic E-state index is 12.7. The second-order valence-electron chi connectivity index (χ2n) is 6.22. The third-order valence-electron chi connectivity index (χ3n) is 4.07. The number of anilines is 1. The number of thiophene rings is 1. The fraction of sp³-hybridized carbons (Fsp3) is 0.316.